The second kappa shape index (κ2) is 6.49. The lowest BCUT2D eigenvalue weighted by Crippen LogP contribution is -2.46. The van der Waals surface area contributed by atoms with Crippen molar-refractivity contribution in [3.05, 3.63) is 39.4 Å². The van der Waals surface area contributed by atoms with Crippen LogP contribution in [0, 0.1) is 17.0 Å². The van der Waals surface area contributed by atoms with Gasteiger partial charge in [0, 0.05) is 43.4 Å². The first-order valence-electron chi connectivity index (χ1n) is 5.85. The number of nitro groups is 1. The lowest BCUT2D eigenvalue weighted by Gasteiger charge is -2.27. The SMILES string of the molecule is Cc1c(C(=O)N2CCNCC2)cccc1[N+](=O)[O-].Cl. The van der Waals surface area contributed by atoms with Gasteiger partial charge in [0.1, 0.15) is 0 Å². The molecule has 0 aliphatic carbocycles. The highest BCUT2D eigenvalue weighted by molar-refractivity contribution is 5.96. The lowest BCUT2D eigenvalue weighted by atomic mass is 10.1. The van der Waals surface area contributed by atoms with Crippen molar-refractivity contribution < 1.29 is 9.72 Å². The standard InChI is InChI=1S/C12H15N3O3.ClH/c1-9-10(3-2-4-11(9)15(17)18)12(16)14-7-5-13-6-8-14;/h2-4,13H,5-8H2,1H3;1H. The van der Waals surface area contributed by atoms with Crippen LogP contribution < -0.4 is 5.32 Å². The van der Waals surface area contributed by atoms with Gasteiger partial charge >= 0.3 is 0 Å². The van der Waals surface area contributed by atoms with Gasteiger partial charge in [0.05, 0.1) is 4.92 Å². The van der Waals surface area contributed by atoms with Crippen molar-refractivity contribution in [3.63, 3.8) is 0 Å². The zero-order chi connectivity index (χ0) is 13.1. The highest BCUT2D eigenvalue weighted by Crippen LogP contribution is 2.22. The molecule has 0 aromatic heterocycles. The summed E-state index contributed by atoms with van der Waals surface area (Å²) in [4.78, 5) is 24.4. The molecule has 19 heavy (non-hydrogen) atoms. The summed E-state index contributed by atoms with van der Waals surface area (Å²) in [6, 6.07) is 4.62. The highest BCUT2D eigenvalue weighted by atomic mass is 35.5. The number of benzene rings is 1. The van der Waals surface area contributed by atoms with Crippen molar-refractivity contribution in [2.75, 3.05) is 26.2 Å². The third kappa shape index (κ3) is 3.21. The number of hydrogen-bond donors (Lipinski definition) is 1. The molecule has 1 N–H and O–H groups in total. The summed E-state index contributed by atoms with van der Waals surface area (Å²) in [5.74, 6) is -0.127. The predicted octanol–water partition coefficient (Wildman–Crippen LogP) is 1.37. The van der Waals surface area contributed by atoms with Crippen molar-refractivity contribution in [2.45, 2.75) is 6.92 Å². The van der Waals surface area contributed by atoms with Gasteiger partial charge in [-0.3, -0.25) is 14.9 Å². The summed E-state index contributed by atoms with van der Waals surface area (Å²) in [7, 11) is 0. The van der Waals surface area contributed by atoms with E-state index in [-0.39, 0.29) is 24.0 Å². The maximum atomic E-state index is 12.3. The molecular weight excluding hydrogens is 270 g/mol. The van der Waals surface area contributed by atoms with E-state index < -0.39 is 4.92 Å². The van der Waals surface area contributed by atoms with E-state index in [9.17, 15) is 14.9 Å². The fraction of sp³-hybridized carbons (Fsp3) is 0.417. The van der Waals surface area contributed by atoms with Gasteiger partial charge in [-0.25, -0.2) is 0 Å². The van der Waals surface area contributed by atoms with Gasteiger partial charge in [0.15, 0.2) is 0 Å². The first-order chi connectivity index (χ1) is 8.61. The van der Waals surface area contributed by atoms with Crippen LogP contribution in [0.25, 0.3) is 0 Å². The predicted molar refractivity (Wildman–Crippen MR) is 73.9 cm³/mol. The number of rotatable bonds is 2. The Morgan fingerprint density at radius 2 is 2.00 bits per heavy atom. The maximum Gasteiger partial charge on any atom is 0.273 e. The van der Waals surface area contributed by atoms with Crippen molar-refractivity contribution in [2.24, 2.45) is 0 Å². The van der Waals surface area contributed by atoms with E-state index in [1.165, 1.54) is 6.07 Å². The fourth-order valence-corrected chi connectivity index (χ4v) is 2.09. The number of piperazine rings is 1. The topological polar surface area (TPSA) is 75.5 Å². The molecule has 0 radical (unpaired) electrons. The summed E-state index contributed by atoms with van der Waals surface area (Å²) < 4.78 is 0. The quantitative estimate of drug-likeness (QED) is 0.658. The van der Waals surface area contributed by atoms with Crippen LogP contribution in [-0.4, -0.2) is 41.9 Å². The van der Waals surface area contributed by atoms with Gasteiger partial charge in [-0.15, -0.1) is 12.4 Å². The van der Waals surface area contributed by atoms with E-state index in [1.54, 1.807) is 24.0 Å². The van der Waals surface area contributed by atoms with E-state index in [0.29, 0.717) is 24.2 Å². The molecule has 0 spiro atoms. The molecule has 1 aliphatic rings. The minimum atomic E-state index is -0.454. The van der Waals surface area contributed by atoms with Crippen LogP contribution in [0.5, 0.6) is 0 Å². The molecule has 1 aromatic rings. The average molecular weight is 286 g/mol. The maximum absolute atomic E-state index is 12.3. The molecule has 0 atom stereocenters. The van der Waals surface area contributed by atoms with E-state index in [4.69, 9.17) is 0 Å². The number of nitro benzene ring substituents is 1. The molecule has 0 saturated carbocycles. The largest absolute Gasteiger partial charge is 0.336 e. The molecule has 1 heterocycles. The van der Waals surface area contributed by atoms with Gasteiger partial charge < -0.3 is 10.2 Å². The van der Waals surface area contributed by atoms with E-state index in [0.717, 1.165) is 13.1 Å². The van der Waals surface area contributed by atoms with E-state index >= 15 is 0 Å². The molecule has 6 nitrogen and oxygen atoms in total. The summed E-state index contributed by atoms with van der Waals surface area (Å²) in [6.45, 7) is 4.43. The summed E-state index contributed by atoms with van der Waals surface area (Å²) in [5, 5.41) is 14.0. The zero-order valence-corrected chi connectivity index (χ0v) is 11.4. The number of amides is 1. The third-order valence-corrected chi connectivity index (χ3v) is 3.14. The van der Waals surface area contributed by atoms with Crippen LogP contribution in [0.2, 0.25) is 0 Å². The molecule has 1 aliphatic heterocycles. The van der Waals surface area contributed by atoms with Crippen molar-refractivity contribution in [3.8, 4) is 0 Å². The van der Waals surface area contributed by atoms with Crippen LogP contribution in [0.4, 0.5) is 5.69 Å². The Morgan fingerprint density at radius 1 is 1.37 bits per heavy atom. The Balaban J connectivity index is 0.00000180. The molecule has 2 rings (SSSR count). The van der Waals surface area contributed by atoms with Gasteiger partial charge in [-0.05, 0) is 13.0 Å². The van der Waals surface area contributed by atoms with Gasteiger partial charge in [-0.1, -0.05) is 6.07 Å². The number of halogens is 1. The minimum Gasteiger partial charge on any atom is -0.336 e. The number of nitrogens with one attached hydrogen (secondary N) is 1. The van der Waals surface area contributed by atoms with E-state index in [2.05, 4.69) is 5.32 Å². The number of hydrogen-bond acceptors (Lipinski definition) is 4. The number of nitrogens with zero attached hydrogens (tertiary/aromatic N) is 2. The Bertz CT molecular complexity index is 487. The Hall–Kier alpha value is -1.66. The molecular formula is C12H16ClN3O3. The molecule has 104 valence electrons. The Kier molecular flexibility index (Phi) is 5.26. The normalized spacial score (nSPS) is 14.7. The highest BCUT2D eigenvalue weighted by Gasteiger charge is 2.23. The van der Waals surface area contributed by atoms with Gasteiger partial charge in [-0.2, -0.15) is 0 Å². The van der Waals surface area contributed by atoms with E-state index in [1.807, 2.05) is 0 Å². The molecule has 0 unspecified atom stereocenters. The van der Waals surface area contributed by atoms with Crippen LogP contribution in [-0.2, 0) is 0 Å². The van der Waals surface area contributed by atoms with Crippen molar-refractivity contribution in [1.29, 1.82) is 0 Å². The van der Waals surface area contributed by atoms with Crippen molar-refractivity contribution >= 4 is 24.0 Å². The van der Waals surface area contributed by atoms with Crippen LogP contribution >= 0.6 is 12.4 Å². The molecule has 1 fully saturated rings. The second-order valence-electron chi connectivity index (χ2n) is 4.25. The molecule has 0 bridgehead atoms. The summed E-state index contributed by atoms with van der Waals surface area (Å²) in [6.07, 6.45) is 0. The fourth-order valence-electron chi connectivity index (χ4n) is 2.09. The first-order valence-corrected chi connectivity index (χ1v) is 5.85. The first kappa shape index (κ1) is 15.4. The molecule has 1 amide bonds. The average Bonchev–Trinajstić information content (AvgIpc) is 2.39. The molecule has 1 aromatic carbocycles. The number of carbonyl (C=O) groups excluding carboxylic acids is 1. The van der Waals surface area contributed by atoms with Crippen LogP contribution in [0.3, 0.4) is 0 Å². The molecule has 7 heteroatoms. The Morgan fingerprint density at radius 3 is 2.58 bits per heavy atom. The second-order valence-corrected chi connectivity index (χ2v) is 4.25. The number of carbonyl (C=O) groups is 1. The zero-order valence-electron chi connectivity index (χ0n) is 10.6. The van der Waals surface area contributed by atoms with Crippen LogP contribution in [0.15, 0.2) is 18.2 Å². The minimum absolute atomic E-state index is 0. The lowest BCUT2D eigenvalue weighted by molar-refractivity contribution is -0.385. The monoisotopic (exact) mass is 285 g/mol. The third-order valence-electron chi connectivity index (χ3n) is 3.14. The van der Waals surface area contributed by atoms with Crippen molar-refractivity contribution in [1.82, 2.24) is 10.2 Å². The molecule has 1 saturated heterocycles. The smallest absolute Gasteiger partial charge is 0.273 e. The van der Waals surface area contributed by atoms with Crippen LogP contribution in [0.1, 0.15) is 15.9 Å². The summed E-state index contributed by atoms with van der Waals surface area (Å²) >= 11 is 0. The van der Waals surface area contributed by atoms with Gasteiger partial charge in [0.2, 0.25) is 0 Å². The Labute approximate surface area is 117 Å². The summed E-state index contributed by atoms with van der Waals surface area (Å²) in [5.41, 5.74) is 0.855. The van der Waals surface area contributed by atoms with Gasteiger partial charge in [0.25, 0.3) is 11.6 Å².